The molecular formula is C50H84N2NiO2. The molecule has 1 aliphatic heterocycles. The van der Waals surface area contributed by atoms with Crippen LogP contribution in [0.25, 0.3) is 16.9 Å². The molecule has 1 heterocycles. The van der Waals surface area contributed by atoms with Crippen molar-refractivity contribution in [2.45, 2.75) is 210 Å². The SMILES string of the molecule is CCCCCCCCCCCCC1=C(c2cc(CCC)c(CCC)c(CCC)c2)[N+](=[N-])C(c2cc(C)c(C)c(C)c2)=C1CCCCCC.CCO.CCO.[Ni]. The number of benzene rings is 2. The number of rotatable bonds is 24. The van der Waals surface area contributed by atoms with Crippen molar-refractivity contribution in [2.24, 2.45) is 0 Å². The number of nitrogens with zero attached hydrogens (tertiary/aromatic N) is 2. The summed E-state index contributed by atoms with van der Waals surface area (Å²) in [7, 11) is 0. The maximum absolute atomic E-state index is 12.4. The second-order valence-corrected chi connectivity index (χ2v) is 15.6. The minimum absolute atomic E-state index is 0. The van der Waals surface area contributed by atoms with E-state index in [9.17, 15) is 5.53 Å². The van der Waals surface area contributed by atoms with Crippen molar-refractivity contribution in [3.8, 4) is 0 Å². The molecule has 0 spiro atoms. The summed E-state index contributed by atoms with van der Waals surface area (Å²) in [6.45, 7) is 22.1. The Bertz CT molecular complexity index is 1370. The molecule has 0 aromatic heterocycles. The summed E-state index contributed by atoms with van der Waals surface area (Å²) in [6.07, 6.45) is 27.3. The summed E-state index contributed by atoms with van der Waals surface area (Å²) in [6, 6.07) is 9.58. The minimum Gasteiger partial charge on any atom is -0.493 e. The molecule has 3 rings (SSSR count). The van der Waals surface area contributed by atoms with Crippen LogP contribution in [0.15, 0.2) is 35.4 Å². The first kappa shape index (κ1) is 52.9. The predicted molar refractivity (Wildman–Crippen MR) is 237 cm³/mol. The molecule has 0 bridgehead atoms. The van der Waals surface area contributed by atoms with E-state index in [1.54, 1.807) is 24.1 Å². The third-order valence-corrected chi connectivity index (χ3v) is 10.9. The van der Waals surface area contributed by atoms with Gasteiger partial charge in [-0.25, -0.2) is 4.70 Å². The van der Waals surface area contributed by atoms with Gasteiger partial charge in [0.25, 0.3) is 0 Å². The summed E-state index contributed by atoms with van der Waals surface area (Å²) in [5.41, 5.74) is 28.3. The molecule has 0 unspecified atom stereocenters. The van der Waals surface area contributed by atoms with E-state index in [2.05, 4.69) is 79.7 Å². The normalized spacial score (nSPS) is 12.4. The first-order valence-electron chi connectivity index (χ1n) is 22.6. The van der Waals surface area contributed by atoms with E-state index < -0.39 is 0 Å². The molecule has 0 atom stereocenters. The monoisotopic (exact) mass is 803 g/mol. The molecule has 55 heavy (non-hydrogen) atoms. The first-order valence-corrected chi connectivity index (χ1v) is 22.6. The van der Waals surface area contributed by atoms with Crippen LogP contribution in [0.1, 0.15) is 215 Å². The Morgan fingerprint density at radius 2 is 0.782 bits per heavy atom. The van der Waals surface area contributed by atoms with Crippen LogP contribution in [0.3, 0.4) is 0 Å². The molecule has 0 saturated heterocycles. The Morgan fingerprint density at radius 1 is 0.455 bits per heavy atom. The maximum Gasteiger partial charge on any atom is 0.211 e. The Kier molecular flexibility index (Phi) is 30.8. The molecule has 0 radical (unpaired) electrons. The van der Waals surface area contributed by atoms with Crippen LogP contribution < -0.4 is 0 Å². The fourth-order valence-electron chi connectivity index (χ4n) is 7.97. The van der Waals surface area contributed by atoms with Crippen molar-refractivity contribution < 1.29 is 31.4 Å². The topological polar surface area (TPSA) is 65.8 Å². The Labute approximate surface area is 350 Å². The molecule has 2 N–H and O–H groups in total. The average molecular weight is 804 g/mol. The van der Waals surface area contributed by atoms with Gasteiger partial charge in [-0.2, -0.15) is 0 Å². The van der Waals surface area contributed by atoms with E-state index in [4.69, 9.17) is 10.2 Å². The average Bonchev–Trinajstić information content (AvgIpc) is 3.41. The van der Waals surface area contributed by atoms with Gasteiger partial charge in [-0.05, 0) is 137 Å². The minimum atomic E-state index is 0. The summed E-state index contributed by atoms with van der Waals surface area (Å²) >= 11 is 0. The van der Waals surface area contributed by atoms with E-state index in [0.29, 0.717) is 0 Å². The smallest absolute Gasteiger partial charge is 0.211 e. The van der Waals surface area contributed by atoms with E-state index in [0.717, 1.165) is 56.3 Å². The van der Waals surface area contributed by atoms with Crippen LogP contribution in [0.4, 0.5) is 0 Å². The molecule has 316 valence electrons. The number of allylic oxidation sites excluding steroid dienone is 2. The van der Waals surface area contributed by atoms with Crippen molar-refractivity contribution in [3.63, 3.8) is 0 Å². The maximum atomic E-state index is 12.4. The molecule has 0 aliphatic carbocycles. The van der Waals surface area contributed by atoms with Gasteiger partial charge in [0, 0.05) is 52.0 Å². The zero-order chi connectivity index (χ0) is 40.3. The predicted octanol–water partition coefficient (Wildman–Crippen LogP) is 14.9. The number of hydrogen-bond acceptors (Lipinski definition) is 2. The molecule has 1 aliphatic rings. The van der Waals surface area contributed by atoms with Crippen LogP contribution in [0, 0.1) is 20.8 Å². The standard InChI is InChI=1S/C46H72N2.2C2H6O.Ni/c1-9-14-16-18-19-20-21-22-23-25-30-44-43(29-24-17-15-10-2)45(40-31-35(6)37(8)36(7)32-40)48(47)46(44)41-33-38(26-11-3)42(28-13-5)39(34-41)27-12-4;2*1-2-3;/h31-34H,9-30H2,1-8H3;2*3H,2H2,1H3;. The Morgan fingerprint density at radius 3 is 1.15 bits per heavy atom. The second kappa shape index (κ2) is 32.0. The third kappa shape index (κ3) is 18.0. The molecule has 0 saturated carbocycles. The van der Waals surface area contributed by atoms with Gasteiger partial charge in [0.1, 0.15) is 0 Å². The van der Waals surface area contributed by atoms with Gasteiger partial charge < -0.3 is 15.7 Å². The number of unbranched alkanes of at least 4 members (excludes halogenated alkanes) is 12. The van der Waals surface area contributed by atoms with E-state index in [-0.39, 0.29) is 29.7 Å². The van der Waals surface area contributed by atoms with Crippen LogP contribution in [0.2, 0.25) is 0 Å². The quantitative estimate of drug-likeness (QED) is 0.0631. The van der Waals surface area contributed by atoms with Crippen LogP contribution >= 0.6 is 0 Å². The largest absolute Gasteiger partial charge is 0.493 e. The summed E-state index contributed by atoms with van der Waals surface area (Å²) in [5.74, 6) is 0. The fourth-order valence-corrected chi connectivity index (χ4v) is 7.97. The number of aliphatic hydroxyl groups is 2. The molecule has 2 aromatic carbocycles. The van der Waals surface area contributed by atoms with Gasteiger partial charge in [0.2, 0.25) is 11.4 Å². The third-order valence-electron chi connectivity index (χ3n) is 10.9. The summed E-state index contributed by atoms with van der Waals surface area (Å²) < 4.78 is 1.64. The van der Waals surface area contributed by atoms with Crippen LogP contribution in [-0.2, 0) is 35.8 Å². The zero-order valence-electron chi connectivity index (χ0n) is 37.4. The molecule has 0 fully saturated rings. The molecule has 0 amide bonds. The summed E-state index contributed by atoms with van der Waals surface area (Å²) in [4.78, 5) is 0. The Balaban J connectivity index is 0.00000390. The van der Waals surface area contributed by atoms with Crippen molar-refractivity contribution in [1.82, 2.24) is 0 Å². The van der Waals surface area contributed by atoms with Crippen LogP contribution in [0.5, 0.6) is 0 Å². The number of hydrogen-bond donors (Lipinski definition) is 2. The van der Waals surface area contributed by atoms with Gasteiger partial charge in [0.05, 0.1) is 0 Å². The van der Waals surface area contributed by atoms with E-state index in [1.165, 1.54) is 146 Å². The fraction of sp³-hybridized carbons (Fsp3) is 0.680. The van der Waals surface area contributed by atoms with Gasteiger partial charge in [-0.3, -0.25) is 0 Å². The molecule has 5 heteroatoms. The van der Waals surface area contributed by atoms with E-state index >= 15 is 0 Å². The summed E-state index contributed by atoms with van der Waals surface area (Å²) in [5, 5.41) is 15.1. The van der Waals surface area contributed by atoms with Gasteiger partial charge in [-0.15, -0.1) is 0 Å². The molecule has 2 aromatic rings. The van der Waals surface area contributed by atoms with Crippen molar-refractivity contribution >= 4 is 11.4 Å². The Hall–Kier alpha value is -2.07. The van der Waals surface area contributed by atoms with Gasteiger partial charge >= 0.3 is 0 Å². The van der Waals surface area contributed by atoms with E-state index in [1.807, 2.05) is 0 Å². The number of aliphatic hydroxyl groups excluding tert-OH is 2. The van der Waals surface area contributed by atoms with Crippen molar-refractivity contribution in [2.75, 3.05) is 13.2 Å². The zero-order valence-corrected chi connectivity index (χ0v) is 38.4. The number of aryl methyl sites for hydroxylation is 4. The van der Waals surface area contributed by atoms with Crippen LogP contribution in [-0.4, -0.2) is 28.1 Å². The van der Waals surface area contributed by atoms with Crippen molar-refractivity contribution in [3.05, 3.63) is 85.5 Å². The second-order valence-electron chi connectivity index (χ2n) is 15.6. The molecular weight excluding hydrogens is 719 g/mol. The van der Waals surface area contributed by atoms with Crippen molar-refractivity contribution in [1.29, 1.82) is 0 Å². The van der Waals surface area contributed by atoms with Gasteiger partial charge in [-0.1, -0.05) is 131 Å². The first-order chi connectivity index (χ1) is 26.1. The molecule has 4 nitrogen and oxygen atoms in total. The van der Waals surface area contributed by atoms with Gasteiger partial charge in [0.15, 0.2) is 0 Å².